The number of fused-ring (bicyclic) bond motifs is 1. The highest BCUT2D eigenvalue weighted by Gasteiger charge is 2.39. The predicted molar refractivity (Wildman–Crippen MR) is 96.4 cm³/mol. The molecule has 4 rings (SSSR count). The number of nitrogens with one attached hydrogen (secondary N) is 1. The van der Waals surface area contributed by atoms with Crippen molar-refractivity contribution in [1.29, 1.82) is 0 Å². The van der Waals surface area contributed by atoms with Crippen molar-refractivity contribution >= 4 is 16.7 Å². The molecule has 0 radical (unpaired) electrons. The second-order valence-corrected chi connectivity index (χ2v) is 6.78. The van der Waals surface area contributed by atoms with Crippen molar-refractivity contribution in [2.45, 2.75) is 24.9 Å². The summed E-state index contributed by atoms with van der Waals surface area (Å²) in [5, 5.41) is 8.14. The van der Waals surface area contributed by atoms with E-state index in [0.29, 0.717) is 18.9 Å². The van der Waals surface area contributed by atoms with Crippen LogP contribution in [-0.2, 0) is 18.3 Å². The molecule has 2 aromatic heterocycles. The van der Waals surface area contributed by atoms with Gasteiger partial charge in [-0.3, -0.25) is 9.48 Å². The van der Waals surface area contributed by atoms with Gasteiger partial charge in [0.15, 0.2) is 11.5 Å². The molecule has 1 fully saturated rings. The van der Waals surface area contributed by atoms with Crippen LogP contribution in [0.25, 0.3) is 22.0 Å². The van der Waals surface area contributed by atoms with Crippen molar-refractivity contribution in [2.75, 3.05) is 13.1 Å². The zero-order valence-corrected chi connectivity index (χ0v) is 14.6. The molecular weight excluding hydrogens is 333 g/mol. The van der Waals surface area contributed by atoms with Gasteiger partial charge in [0.1, 0.15) is 5.82 Å². The van der Waals surface area contributed by atoms with Crippen LogP contribution in [0.4, 0.5) is 4.39 Å². The van der Waals surface area contributed by atoms with Gasteiger partial charge in [-0.2, -0.15) is 5.10 Å². The second-order valence-electron chi connectivity index (χ2n) is 6.78. The summed E-state index contributed by atoms with van der Waals surface area (Å²) in [6, 6.07) is 5.86. The van der Waals surface area contributed by atoms with Crippen LogP contribution < -0.4 is 5.32 Å². The zero-order valence-electron chi connectivity index (χ0n) is 14.6. The smallest absolute Gasteiger partial charge is 0.177 e. The number of ketones is 1. The molecule has 0 aliphatic carbocycles. The molecule has 6 nitrogen and oxygen atoms in total. The van der Waals surface area contributed by atoms with Crippen LogP contribution in [0.1, 0.15) is 18.7 Å². The van der Waals surface area contributed by atoms with Crippen molar-refractivity contribution in [3.05, 3.63) is 42.6 Å². The number of hydrogen-bond acceptors (Lipinski definition) is 5. The van der Waals surface area contributed by atoms with Crippen molar-refractivity contribution in [2.24, 2.45) is 7.05 Å². The zero-order chi connectivity index (χ0) is 18.1. The normalized spacial score (nSPS) is 16.7. The van der Waals surface area contributed by atoms with Crippen LogP contribution in [0.2, 0.25) is 0 Å². The number of Topliss-reactive ketones (excluding diaryl/α,β-unsaturated/α-hetero) is 1. The largest absolute Gasteiger partial charge is 0.316 e. The molecular formula is C19H20FN5O. The Bertz CT molecular complexity index is 961. The number of piperidine rings is 1. The first-order chi connectivity index (χ1) is 12.5. The molecule has 3 heterocycles. The van der Waals surface area contributed by atoms with Gasteiger partial charge in [0.25, 0.3) is 0 Å². The molecule has 1 N–H and O–H groups in total. The van der Waals surface area contributed by atoms with Crippen LogP contribution in [-0.4, -0.2) is 44.3 Å². The molecule has 0 unspecified atom stereocenters. The highest BCUT2D eigenvalue weighted by atomic mass is 19.1. The maximum Gasteiger partial charge on any atom is 0.177 e. The fourth-order valence-corrected chi connectivity index (χ4v) is 3.30. The summed E-state index contributed by atoms with van der Waals surface area (Å²) in [4.78, 5) is 21.2. The number of aromatic nitrogens is 4. The minimum absolute atomic E-state index is 0.0798. The Kier molecular flexibility index (Phi) is 4.24. The number of benzene rings is 1. The average molecular weight is 353 g/mol. The maximum absolute atomic E-state index is 14.8. The minimum Gasteiger partial charge on any atom is -0.316 e. The number of rotatable bonds is 4. The maximum atomic E-state index is 14.8. The van der Waals surface area contributed by atoms with Crippen LogP contribution in [0.15, 0.2) is 36.8 Å². The number of hydrogen-bond donors (Lipinski definition) is 1. The first-order valence-corrected chi connectivity index (χ1v) is 8.71. The van der Waals surface area contributed by atoms with Gasteiger partial charge in [-0.25, -0.2) is 14.4 Å². The van der Waals surface area contributed by atoms with Crippen LogP contribution in [0.3, 0.4) is 0 Å². The highest BCUT2D eigenvalue weighted by Crippen LogP contribution is 2.26. The standard InChI is InChI=1S/C19H20FN5O/c1-25-12-15(11-23-25)13-2-3-14-10-22-18(24-16(14)8-13)9-17(26)19(20)4-6-21-7-5-19/h2-3,8,10-12,21H,4-7,9H2,1H3. The Hall–Kier alpha value is -2.67. The molecule has 1 aliphatic rings. The number of carbonyl (C=O) groups is 1. The first kappa shape index (κ1) is 16.8. The van der Waals surface area contributed by atoms with E-state index in [1.807, 2.05) is 31.4 Å². The monoisotopic (exact) mass is 353 g/mol. The summed E-state index contributed by atoms with van der Waals surface area (Å²) in [5.41, 5.74) is 0.952. The molecule has 1 aliphatic heterocycles. The Balaban J connectivity index is 1.61. The first-order valence-electron chi connectivity index (χ1n) is 8.71. The molecule has 0 amide bonds. The van der Waals surface area contributed by atoms with E-state index in [0.717, 1.165) is 22.0 Å². The SMILES string of the molecule is Cn1cc(-c2ccc3cnc(CC(=O)C4(F)CCNCC4)nc3c2)cn1. The van der Waals surface area contributed by atoms with Crippen molar-refractivity contribution in [3.63, 3.8) is 0 Å². The average Bonchev–Trinajstić information content (AvgIpc) is 3.08. The number of alkyl halides is 1. The molecule has 0 spiro atoms. The van der Waals surface area contributed by atoms with Crippen LogP contribution in [0.5, 0.6) is 0 Å². The molecule has 1 saturated heterocycles. The molecule has 0 atom stereocenters. The fraction of sp³-hybridized carbons (Fsp3) is 0.368. The van der Waals surface area contributed by atoms with Gasteiger partial charge in [-0.1, -0.05) is 12.1 Å². The van der Waals surface area contributed by atoms with Gasteiger partial charge in [0.05, 0.1) is 18.1 Å². The lowest BCUT2D eigenvalue weighted by Crippen LogP contribution is -2.45. The van der Waals surface area contributed by atoms with E-state index < -0.39 is 11.5 Å². The van der Waals surface area contributed by atoms with E-state index in [1.165, 1.54) is 0 Å². The van der Waals surface area contributed by atoms with Gasteiger partial charge in [-0.15, -0.1) is 0 Å². The number of nitrogens with zero attached hydrogens (tertiary/aromatic N) is 4. The molecule has 7 heteroatoms. The van der Waals surface area contributed by atoms with Gasteiger partial charge >= 0.3 is 0 Å². The molecule has 3 aromatic rings. The van der Waals surface area contributed by atoms with E-state index in [-0.39, 0.29) is 19.3 Å². The molecule has 0 saturated carbocycles. The van der Waals surface area contributed by atoms with E-state index in [4.69, 9.17) is 0 Å². The molecule has 1 aromatic carbocycles. The van der Waals surface area contributed by atoms with E-state index in [9.17, 15) is 9.18 Å². The Morgan fingerprint density at radius 3 is 2.81 bits per heavy atom. The lowest BCUT2D eigenvalue weighted by molar-refractivity contribution is -0.131. The Morgan fingerprint density at radius 2 is 2.08 bits per heavy atom. The number of aryl methyl sites for hydroxylation is 1. The summed E-state index contributed by atoms with van der Waals surface area (Å²) < 4.78 is 16.5. The summed E-state index contributed by atoms with van der Waals surface area (Å²) in [7, 11) is 1.87. The second kappa shape index (κ2) is 6.57. The van der Waals surface area contributed by atoms with Gasteiger partial charge in [0.2, 0.25) is 0 Å². The molecule has 134 valence electrons. The number of carbonyl (C=O) groups excluding carboxylic acids is 1. The predicted octanol–water partition coefficient (Wildman–Crippen LogP) is 2.23. The van der Waals surface area contributed by atoms with Crippen LogP contribution >= 0.6 is 0 Å². The van der Waals surface area contributed by atoms with Crippen LogP contribution in [0, 0.1) is 0 Å². The van der Waals surface area contributed by atoms with E-state index in [2.05, 4.69) is 20.4 Å². The lowest BCUT2D eigenvalue weighted by Gasteiger charge is -2.28. The quantitative estimate of drug-likeness (QED) is 0.779. The lowest BCUT2D eigenvalue weighted by atomic mass is 9.88. The summed E-state index contributed by atoms with van der Waals surface area (Å²) in [5.74, 6) is -0.0665. The third-order valence-electron chi connectivity index (χ3n) is 4.89. The van der Waals surface area contributed by atoms with E-state index in [1.54, 1.807) is 17.1 Å². The van der Waals surface area contributed by atoms with Gasteiger partial charge in [0, 0.05) is 43.2 Å². The van der Waals surface area contributed by atoms with Gasteiger partial charge < -0.3 is 5.32 Å². The van der Waals surface area contributed by atoms with E-state index >= 15 is 0 Å². The molecule has 26 heavy (non-hydrogen) atoms. The Morgan fingerprint density at radius 1 is 1.27 bits per heavy atom. The summed E-state index contributed by atoms with van der Waals surface area (Å²) >= 11 is 0. The highest BCUT2D eigenvalue weighted by molar-refractivity contribution is 5.89. The third-order valence-corrected chi connectivity index (χ3v) is 4.89. The van der Waals surface area contributed by atoms with Crippen molar-refractivity contribution in [3.8, 4) is 11.1 Å². The fourth-order valence-electron chi connectivity index (χ4n) is 3.30. The Labute approximate surface area is 150 Å². The van der Waals surface area contributed by atoms with Crippen molar-refractivity contribution in [1.82, 2.24) is 25.1 Å². The van der Waals surface area contributed by atoms with Gasteiger partial charge in [-0.05, 0) is 24.7 Å². The molecule has 0 bridgehead atoms. The number of halogens is 1. The summed E-state index contributed by atoms with van der Waals surface area (Å²) in [6.07, 6.45) is 5.75. The minimum atomic E-state index is -1.76. The topological polar surface area (TPSA) is 72.7 Å². The van der Waals surface area contributed by atoms with Crippen molar-refractivity contribution < 1.29 is 9.18 Å². The third kappa shape index (κ3) is 3.22. The summed E-state index contributed by atoms with van der Waals surface area (Å²) in [6.45, 7) is 1.05.